The molecule has 2 rings (SSSR count). The summed E-state index contributed by atoms with van der Waals surface area (Å²) >= 11 is 5.88. The first-order valence-electron chi connectivity index (χ1n) is 6.99. The van der Waals surface area contributed by atoms with Crippen molar-refractivity contribution in [2.45, 2.75) is 31.2 Å². The first-order valence-corrected chi connectivity index (χ1v) is 8.80. The number of hydrogen-bond acceptors (Lipinski definition) is 3. The van der Waals surface area contributed by atoms with Gasteiger partial charge in [0.15, 0.2) is 0 Å². The molecule has 1 heterocycles. The molecule has 1 aliphatic heterocycles. The molecule has 1 aromatic carbocycles. The molecule has 0 aromatic heterocycles. The van der Waals surface area contributed by atoms with Gasteiger partial charge in [0.25, 0.3) is 0 Å². The quantitative estimate of drug-likeness (QED) is 0.920. The maximum Gasteiger partial charge on any atom is 0.243 e. The van der Waals surface area contributed by atoms with Crippen molar-refractivity contribution in [3.63, 3.8) is 0 Å². The smallest absolute Gasteiger partial charge is 0.243 e. The van der Waals surface area contributed by atoms with Gasteiger partial charge in [-0.25, -0.2) is 12.8 Å². The van der Waals surface area contributed by atoms with E-state index < -0.39 is 15.8 Å². The summed E-state index contributed by atoms with van der Waals surface area (Å²) in [5, 5.41) is 2.82. The van der Waals surface area contributed by atoms with E-state index in [2.05, 4.69) is 12.2 Å². The van der Waals surface area contributed by atoms with Crippen molar-refractivity contribution in [1.29, 1.82) is 0 Å². The van der Waals surface area contributed by atoms with Crippen molar-refractivity contribution in [3.05, 3.63) is 28.5 Å². The first-order chi connectivity index (χ1) is 9.86. The maximum absolute atomic E-state index is 13.9. The van der Waals surface area contributed by atoms with Crippen molar-refractivity contribution in [1.82, 2.24) is 9.62 Å². The number of piperidine rings is 1. The summed E-state index contributed by atoms with van der Waals surface area (Å²) in [4.78, 5) is -0.0239. The molecule has 0 amide bonds. The van der Waals surface area contributed by atoms with Crippen LogP contribution in [0, 0.1) is 11.7 Å². The lowest BCUT2D eigenvalue weighted by Crippen LogP contribution is -2.38. The van der Waals surface area contributed by atoms with Crippen LogP contribution in [0.15, 0.2) is 17.0 Å². The fraction of sp³-hybridized carbons (Fsp3) is 0.571. The molecule has 7 heteroatoms. The van der Waals surface area contributed by atoms with Crippen LogP contribution < -0.4 is 5.32 Å². The van der Waals surface area contributed by atoms with Crippen molar-refractivity contribution in [2.75, 3.05) is 20.1 Å². The Labute approximate surface area is 130 Å². The van der Waals surface area contributed by atoms with Gasteiger partial charge >= 0.3 is 0 Å². The van der Waals surface area contributed by atoms with Gasteiger partial charge in [-0.15, -0.1) is 0 Å². The van der Waals surface area contributed by atoms with E-state index in [9.17, 15) is 12.8 Å². The van der Waals surface area contributed by atoms with Crippen LogP contribution in [0.4, 0.5) is 4.39 Å². The predicted molar refractivity (Wildman–Crippen MR) is 81.3 cm³/mol. The lowest BCUT2D eigenvalue weighted by Gasteiger charge is -2.29. The van der Waals surface area contributed by atoms with Crippen molar-refractivity contribution >= 4 is 21.6 Å². The van der Waals surface area contributed by atoms with Crippen LogP contribution in [0.5, 0.6) is 0 Å². The topological polar surface area (TPSA) is 49.4 Å². The molecule has 0 aliphatic carbocycles. The molecule has 0 bridgehead atoms. The summed E-state index contributed by atoms with van der Waals surface area (Å²) < 4.78 is 40.5. The molecule has 4 nitrogen and oxygen atoms in total. The minimum atomic E-state index is -3.66. The third kappa shape index (κ3) is 3.56. The molecule has 0 radical (unpaired) electrons. The third-order valence-electron chi connectivity index (χ3n) is 3.82. The molecule has 118 valence electrons. The molecule has 0 saturated carbocycles. The molecule has 21 heavy (non-hydrogen) atoms. The second-order valence-electron chi connectivity index (χ2n) is 5.50. The number of sulfonamides is 1. The Balaban J connectivity index is 2.36. The third-order valence-corrected chi connectivity index (χ3v) is 6.12. The van der Waals surface area contributed by atoms with Crippen LogP contribution >= 0.6 is 11.6 Å². The fourth-order valence-corrected chi connectivity index (χ4v) is 4.17. The Morgan fingerprint density at radius 1 is 1.38 bits per heavy atom. The molecular weight excluding hydrogens is 315 g/mol. The van der Waals surface area contributed by atoms with E-state index in [0.717, 1.165) is 18.9 Å². The highest BCUT2D eigenvalue weighted by atomic mass is 35.5. The van der Waals surface area contributed by atoms with Crippen molar-refractivity contribution < 1.29 is 12.8 Å². The lowest BCUT2D eigenvalue weighted by atomic mass is 10.0. The van der Waals surface area contributed by atoms with Gasteiger partial charge in [-0.3, -0.25) is 0 Å². The Kier molecular flexibility index (Phi) is 5.24. The lowest BCUT2D eigenvalue weighted by molar-refractivity contribution is 0.288. The van der Waals surface area contributed by atoms with Gasteiger partial charge in [-0.2, -0.15) is 4.31 Å². The number of halogens is 2. The SMILES string of the molecule is CNCc1cc(S(=O)(=O)N2CCC(C)CC2)cc(F)c1Cl. The standard InChI is InChI=1S/C14H20ClFN2O2S/c1-10-3-5-18(6-4-10)21(19,20)12-7-11(9-17-2)14(15)13(16)8-12/h7-8,10,17H,3-6,9H2,1-2H3. The normalized spacial score (nSPS) is 18.1. The van der Waals surface area contributed by atoms with E-state index in [1.54, 1.807) is 7.05 Å². The summed E-state index contributed by atoms with van der Waals surface area (Å²) in [6.45, 7) is 3.39. The zero-order chi connectivity index (χ0) is 15.6. The second kappa shape index (κ2) is 6.60. The zero-order valence-corrected chi connectivity index (χ0v) is 13.8. The Bertz CT molecular complexity index is 614. The monoisotopic (exact) mass is 334 g/mol. The zero-order valence-electron chi connectivity index (χ0n) is 12.2. The van der Waals surface area contributed by atoms with Gasteiger partial charge in [0.2, 0.25) is 10.0 Å². The number of benzene rings is 1. The van der Waals surface area contributed by atoms with Crippen LogP contribution in [-0.4, -0.2) is 32.9 Å². The minimum Gasteiger partial charge on any atom is -0.316 e. The Hall–Kier alpha value is -0.690. The number of nitrogens with one attached hydrogen (secondary N) is 1. The van der Waals surface area contributed by atoms with E-state index in [-0.39, 0.29) is 9.92 Å². The van der Waals surface area contributed by atoms with Crippen LogP contribution in [0.2, 0.25) is 5.02 Å². The number of rotatable bonds is 4. The Morgan fingerprint density at radius 2 is 2.00 bits per heavy atom. The van der Waals surface area contributed by atoms with Gasteiger partial charge in [0.05, 0.1) is 9.92 Å². The summed E-state index contributed by atoms with van der Waals surface area (Å²) in [6.07, 6.45) is 1.66. The van der Waals surface area contributed by atoms with Gasteiger partial charge in [-0.1, -0.05) is 18.5 Å². The van der Waals surface area contributed by atoms with Gasteiger partial charge in [0, 0.05) is 19.6 Å². The molecule has 0 unspecified atom stereocenters. The molecule has 0 spiro atoms. The fourth-order valence-electron chi connectivity index (χ4n) is 2.46. The summed E-state index contributed by atoms with van der Waals surface area (Å²) in [6, 6.07) is 2.46. The molecule has 1 saturated heterocycles. The van der Waals surface area contributed by atoms with E-state index in [0.29, 0.717) is 31.1 Å². The Morgan fingerprint density at radius 3 is 2.57 bits per heavy atom. The summed E-state index contributed by atoms with van der Waals surface area (Å²) in [7, 11) is -1.96. The van der Waals surface area contributed by atoms with Crippen LogP contribution in [0.3, 0.4) is 0 Å². The average molecular weight is 335 g/mol. The van der Waals surface area contributed by atoms with Gasteiger partial charge < -0.3 is 5.32 Å². The molecule has 0 atom stereocenters. The van der Waals surface area contributed by atoms with Crippen molar-refractivity contribution in [2.24, 2.45) is 5.92 Å². The molecular formula is C14H20ClFN2O2S. The number of nitrogens with zero attached hydrogens (tertiary/aromatic N) is 1. The average Bonchev–Trinajstić information content (AvgIpc) is 2.44. The highest BCUT2D eigenvalue weighted by Gasteiger charge is 2.29. The molecule has 1 fully saturated rings. The van der Waals surface area contributed by atoms with Crippen molar-refractivity contribution in [3.8, 4) is 0 Å². The summed E-state index contributed by atoms with van der Waals surface area (Å²) in [5.41, 5.74) is 0.447. The van der Waals surface area contributed by atoms with Crippen LogP contribution in [0.25, 0.3) is 0 Å². The highest BCUT2D eigenvalue weighted by Crippen LogP contribution is 2.28. The summed E-state index contributed by atoms with van der Waals surface area (Å²) in [5.74, 6) is -0.174. The predicted octanol–water partition coefficient (Wildman–Crippen LogP) is 2.62. The largest absolute Gasteiger partial charge is 0.316 e. The molecule has 1 aromatic rings. The van der Waals surface area contributed by atoms with E-state index in [1.807, 2.05) is 0 Å². The highest BCUT2D eigenvalue weighted by molar-refractivity contribution is 7.89. The van der Waals surface area contributed by atoms with Crippen LogP contribution in [0.1, 0.15) is 25.3 Å². The van der Waals surface area contributed by atoms with E-state index >= 15 is 0 Å². The van der Waals surface area contributed by atoms with E-state index in [4.69, 9.17) is 11.6 Å². The van der Waals surface area contributed by atoms with Crippen LogP contribution in [-0.2, 0) is 16.6 Å². The minimum absolute atomic E-state index is 0.0239. The molecule has 1 N–H and O–H groups in total. The molecule has 1 aliphatic rings. The maximum atomic E-state index is 13.9. The first kappa shape index (κ1) is 16.7. The van der Waals surface area contributed by atoms with Gasteiger partial charge in [0.1, 0.15) is 5.82 Å². The number of hydrogen-bond donors (Lipinski definition) is 1. The van der Waals surface area contributed by atoms with E-state index in [1.165, 1.54) is 10.4 Å². The van der Waals surface area contributed by atoms with Gasteiger partial charge in [-0.05, 0) is 43.5 Å². The second-order valence-corrected chi connectivity index (χ2v) is 7.81.